The number of ether oxygens (including phenoxy) is 1. The quantitative estimate of drug-likeness (QED) is 0.421. The van der Waals surface area contributed by atoms with Crippen molar-refractivity contribution < 1.29 is 14.5 Å². The highest BCUT2D eigenvalue weighted by Gasteiger charge is 2.14. The summed E-state index contributed by atoms with van der Waals surface area (Å²) in [5.74, 6) is 1.47. The third-order valence-electron chi connectivity index (χ3n) is 3.38. The molecule has 1 N–H and O–H groups in total. The molecule has 0 radical (unpaired) electrons. The van der Waals surface area contributed by atoms with Gasteiger partial charge in [0.15, 0.2) is 12.4 Å². The molecular weight excluding hydrogens is 340 g/mol. The molecule has 0 saturated carbocycles. The van der Waals surface area contributed by atoms with Gasteiger partial charge in [-0.25, -0.2) is 0 Å². The maximum Gasteiger partial charge on any atom is 0.310 e. The van der Waals surface area contributed by atoms with Crippen LogP contribution in [0.2, 0.25) is 0 Å². The molecule has 0 aliphatic rings. The van der Waals surface area contributed by atoms with Gasteiger partial charge in [0.25, 0.3) is 5.91 Å². The Bertz CT molecular complexity index is 719. The van der Waals surface area contributed by atoms with Gasteiger partial charge < -0.3 is 10.1 Å². The van der Waals surface area contributed by atoms with Gasteiger partial charge in [-0.15, -0.1) is 0 Å². The van der Waals surface area contributed by atoms with Gasteiger partial charge in [-0.1, -0.05) is 42.0 Å². The Morgan fingerprint density at radius 2 is 1.92 bits per heavy atom. The number of benzene rings is 2. The normalized spacial score (nSPS) is 10.3. The van der Waals surface area contributed by atoms with Crippen LogP contribution in [0.3, 0.4) is 0 Å². The number of aryl methyl sites for hydroxylation is 1. The van der Waals surface area contributed by atoms with Crippen molar-refractivity contribution in [3.8, 4) is 5.75 Å². The van der Waals surface area contributed by atoms with Crippen molar-refractivity contribution in [1.82, 2.24) is 5.32 Å². The van der Waals surface area contributed by atoms with Crippen molar-refractivity contribution in [3.05, 3.63) is 69.8 Å². The summed E-state index contributed by atoms with van der Waals surface area (Å²) < 4.78 is 5.24. The number of nitro groups is 1. The van der Waals surface area contributed by atoms with Gasteiger partial charge in [-0.05, 0) is 18.6 Å². The monoisotopic (exact) mass is 360 g/mol. The average Bonchev–Trinajstić information content (AvgIpc) is 2.61. The molecule has 2 rings (SSSR count). The lowest BCUT2D eigenvalue weighted by molar-refractivity contribution is -0.385. The molecule has 0 fully saturated rings. The van der Waals surface area contributed by atoms with Crippen LogP contribution >= 0.6 is 11.8 Å². The summed E-state index contributed by atoms with van der Waals surface area (Å²) >= 11 is 1.73. The highest BCUT2D eigenvalue weighted by Crippen LogP contribution is 2.25. The first-order chi connectivity index (χ1) is 12.1. The minimum Gasteiger partial charge on any atom is -0.477 e. The molecule has 0 aromatic heterocycles. The van der Waals surface area contributed by atoms with Crippen LogP contribution in [0.1, 0.15) is 11.1 Å². The second kappa shape index (κ2) is 9.68. The molecule has 132 valence electrons. The number of hydrogen-bond acceptors (Lipinski definition) is 5. The molecule has 6 nitrogen and oxygen atoms in total. The van der Waals surface area contributed by atoms with Crippen molar-refractivity contribution in [2.45, 2.75) is 12.7 Å². The topological polar surface area (TPSA) is 81.5 Å². The Morgan fingerprint density at radius 3 is 2.64 bits per heavy atom. The van der Waals surface area contributed by atoms with E-state index in [4.69, 9.17) is 4.74 Å². The number of hydrogen-bond donors (Lipinski definition) is 1. The molecule has 2 aromatic carbocycles. The predicted molar refractivity (Wildman–Crippen MR) is 98.9 cm³/mol. The number of para-hydroxylation sites is 2. The van der Waals surface area contributed by atoms with Gasteiger partial charge in [0, 0.05) is 24.1 Å². The van der Waals surface area contributed by atoms with E-state index in [1.807, 2.05) is 0 Å². The van der Waals surface area contributed by atoms with Crippen LogP contribution in [0.15, 0.2) is 48.5 Å². The van der Waals surface area contributed by atoms with E-state index in [2.05, 4.69) is 36.5 Å². The average molecular weight is 360 g/mol. The number of carbonyl (C=O) groups excluding carboxylic acids is 1. The fourth-order valence-corrected chi connectivity index (χ4v) is 2.88. The maximum absolute atomic E-state index is 11.8. The summed E-state index contributed by atoms with van der Waals surface area (Å²) in [6.45, 7) is 2.33. The van der Waals surface area contributed by atoms with Crippen molar-refractivity contribution in [2.75, 3.05) is 18.9 Å². The summed E-state index contributed by atoms with van der Waals surface area (Å²) in [4.78, 5) is 22.1. The molecule has 2 aromatic rings. The van der Waals surface area contributed by atoms with Crippen LogP contribution < -0.4 is 10.1 Å². The standard InChI is InChI=1S/C18H20N2O4S/c1-14-6-8-15(9-7-14)13-25-11-10-19-18(21)12-24-17-5-3-2-4-16(17)20(22)23/h2-9H,10-13H2,1H3,(H,19,21). The molecule has 0 atom stereocenters. The zero-order valence-corrected chi connectivity index (χ0v) is 14.8. The first-order valence-corrected chi connectivity index (χ1v) is 8.98. The third-order valence-corrected chi connectivity index (χ3v) is 4.41. The second-order valence-electron chi connectivity index (χ2n) is 5.40. The van der Waals surface area contributed by atoms with Crippen molar-refractivity contribution in [2.24, 2.45) is 0 Å². The number of nitrogens with one attached hydrogen (secondary N) is 1. The van der Waals surface area contributed by atoms with Crippen LogP contribution in [-0.4, -0.2) is 29.7 Å². The van der Waals surface area contributed by atoms with E-state index in [0.717, 1.165) is 11.5 Å². The molecule has 0 heterocycles. The zero-order valence-electron chi connectivity index (χ0n) is 13.9. The summed E-state index contributed by atoms with van der Waals surface area (Å²) in [5.41, 5.74) is 2.34. The molecule has 7 heteroatoms. The lowest BCUT2D eigenvalue weighted by atomic mass is 10.2. The third kappa shape index (κ3) is 6.46. The van der Waals surface area contributed by atoms with Crippen LogP contribution in [0.4, 0.5) is 5.69 Å². The fourth-order valence-electron chi connectivity index (χ4n) is 2.06. The first-order valence-electron chi connectivity index (χ1n) is 7.82. The van der Waals surface area contributed by atoms with E-state index in [1.54, 1.807) is 23.9 Å². The Labute approximate surface area is 150 Å². The Morgan fingerprint density at radius 1 is 1.20 bits per heavy atom. The number of thioether (sulfide) groups is 1. The van der Waals surface area contributed by atoms with Crippen LogP contribution in [0, 0.1) is 17.0 Å². The van der Waals surface area contributed by atoms with E-state index in [0.29, 0.717) is 6.54 Å². The van der Waals surface area contributed by atoms with Gasteiger partial charge in [-0.3, -0.25) is 14.9 Å². The Balaban J connectivity index is 1.64. The molecule has 25 heavy (non-hydrogen) atoms. The van der Waals surface area contributed by atoms with E-state index < -0.39 is 4.92 Å². The second-order valence-corrected chi connectivity index (χ2v) is 6.51. The molecule has 0 bridgehead atoms. The summed E-state index contributed by atoms with van der Waals surface area (Å²) in [7, 11) is 0. The largest absolute Gasteiger partial charge is 0.477 e. The molecule has 0 aliphatic carbocycles. The predicted octanol–water partition coefficient (Wildman–Crippen LogP) is 3.33. The number of rotatable bonds is 9. The molecule has 0 saturated heterocycles. The highest BCUT2D eigenvalue weighted by atomic mass is 32.2. The lowest BCUT2D eigenvalue weighted by Gasteiger charge is -2.08. The molecule has 0 aliphatic heterocycles. The van der Waals surface area contributed by atoms with Crippen LogP contribution in [0.25, 0.3) is 0 Å². The summed E-state index contributed by atoms with van der Waals surface area (Å²) in [6.07, 6.45) is 0. The van der Waals surface area contributed by atoms with Gasteiger partial charge >= 0.3 is 5.69 Å². The van der Waals surface area contributed by atoms with E-state index in [-0.39, 0.29) is 24.0 Å². The number of carbonyl (C=O) groups is 1. The van der Waals surface area contributed by atoms with Crippen molar-refractivity contribution >= 4 is 23.4 Å². The lowest BCUT2D eigenvalue weighted by Crippen LogP contribution is -2.30. The highest BCUT2D eigenvalue weighted by molar-refractivity contribution is 7.98. The summed E-state index contributed by atoms with van der Waals surface area (Å²) in [5, 5.41) is 13.6. The Hall–Kier alpha value is -2.54. The van der Waals surface area contributed by atoms with E-state index in [9.17, 15) is 14.9 Å². The zero-order chi connectivity index (χ0) is 18.1. The van der Waals surface area contributed by atoms with Crippen molar-refractivity contribution in [1.29, 1.82) is 0 Å². The number of nitrogens with zero attached hydrogens (tertiary/aromatic N) is 1. The van der Waals surface area contributed by atoms with E-state index >= 15 is 0 Å². The molecule has 0 unspecified atom stereocenters. The van der Waals surface area contributed by atoms with Crippen molar-refractivity contribution in [3.63, 3.8) is 0 Å². The van der Waals surface area contributed by atoms with Crippen LogP contribution in [-0.2, 0) is 10.5 Å². The SMILES string of the molecule is Cc1ccc(CSCCNC(=O)COc2ccccc2[N+](=O)[O-])cc1. The van der Waals surface area contributed by atoms with Gasteiger partial charge in [0.1, 0.15) is 0 Å². The van der Waals surface area contributed by atoms with Gasteiger partial charge in [0.05, 0.1) is 4.92 Å². The smallest absolute Gasteiger partial charge is 0.310 e. The van der Waals surface area contributed by atoms with Crippen LogP contribution in [0.5, 0.6) is 5.75 Å². The fraction of sp³-hybridized carbons (Fsp3) is 0.278. The van der Waals surface area contributed by atoms with Gasteiger partial charge in [0.2, 0.25) is 0 Å². The first kappa shape index (κ1) is 18.8. The number of nitro benzene ring substituents is 1. The summed E-state index contributed by atoms with van der Waals surface area (Å²) in [6, 6.07) is 14.4. The Kier molecular flexibility index (Phi) is 7.28. The maximum atomic E-state index is 11.8. The molecular formula is C18H20N2O4S. The minimum absolute atomic E-state index is 0.0939. The van der Waals surface area contributed by atoms with E-state index in [1.165, 1.54) is 23.3 Å². The number of amides is 1. The molecule has 0 spiro atoms. The van der Waals surface area contributed by atoms with Gasteiger partial charge in [-0.2, -0.15) is 11.8 Å². The molecule has 1 amide bonds. The minimum atomic E-state index is -0.533.